The van der Waals surface area contributed by atoms with Crippen molar-refractivity contribution in [1.29, 1.82) is 0 Å². The molecule has 0 bridgehead atoms. The summed E-state index contributed by atoms with van der Waals surface area (Å²) in [7, 11) is 0. The van der Waals surface area contributed by atoms with Crippen molar-refractivity contribution in [3.05, 3.63) is 65.7 Å². The van der Waals surface area contributed by atoms with E-state index in [1.54, 1.807) is 27.7 Å². The van der Waals surface area contributed by atoms with Gasteiger partial charge in [-0.3, -0.25) is 9.59 Å². The molecule has 0 aliphatic heterocycles. The van der Waals surface area contributed by atoms with Crippen LogP contribution in [-0.4, -0.2) is 40.5 Å². The monoisotopic (exact) mass is 453 g/mol. The van der Waals surface area contributed by atoms with E-state index in [1.807, 2.05) is 75.4 Å². The summed E-state index contributed by atoms with van der Waals surface area (Å²) in [6.07, 6.45) is -0.687. The SMILES string of the molecule is Cc1ccccc1NC(=O)C(c1ccccc1)N(C(=O)C(C)NC(=O)OC(C)(C)C)C(C)C. The fourth-order valence-corrected chi connectivity index (χ4v) is 3.44. The number of nitrogens with zero attached hydrogens (tertiary/aromatic N) is 1. The van der Waals surface area contributed by atoms with Crippen molar-refractivity contribution < 1.29 is 19.1 Å². The Morgan fingerprint density at radius 1 is 0.909 bits per heavy atom. The van der Waals surface area contributed by atoms with E-state index in [2.05, 4.69) is 10.6 Å². The van der Waals surface area contributed by atoms with Crippen LogP contribution in [0.5, 0.6) is 0 Å². The Morgan fingerprint density at radius 3 is 2.03 bits per heavy atom. The maximum absolute atomic E-state index is 13.5. The Balaban J connectivity index is 2.37. The molecule has 3 amide bonds. The van der Waals surface area contributed by atoms with Gasteiger partial charge in [0.15, 0.2) is 0 Å². The van der Waals surface area contributed by atoms with Crippen LogP contribution in [0.4, 0.5) is 10.5 Å². The van der Waals surface area contributed by atoms with Crippen LogP contribution in [0.2, 0.25) is 0 Å². The van der Waals surface area contributed by atoms with Crippen LogP contribution in [0.3, 0.4) is 0 Å². The molecule has 2 aromatic carbocycles. The molecule has 7 heteroatoms. The molecule has 178 valence electrons. The van der Waals surface area contributed by atoms with Crippen LogP contribution < -0.4 is 10.6 Å². The molecule has 2 aromatic rings. The van der Waals surface area contributed by atoms with E-state index >= 15 is 0 Å². The minimum absolute atomic E-state index is 0.312. The van der Waals surface area contributed by atoms with E-state index in [4.69, 9.17) is 4.74 Å². The predicted octanol–water partition coefficient (Wildman–Crippen LogP) is 4.83. The van der Waals surface area contributed by atoms with Crippen molar-refractivity contribution in [3.63, 3.8) is 0 Å². The van der Waals surface area contributed by atoms with Crippen molar-refractivity contribution in [3.8, 4) is 0 Å². The fraction of sp³-hybridized carbons (Fsp3) is 0.423. The molecule has 2 atom stereocenters. The van der Waals surface area contributed by atoms with Crippen molar-refractivity contribution in [2.75, 3.05) is 5.32 Å². The number of nitrogens with one attached hydrogen (secondary N) is 2. The second-order valence-electron chi connectivity index (χ2n) is 9.32. The molecular formula is C26H35N3O4. The number of aryl methyl sites for hydroxylation is 1. The van der Waals surface area contributed by atoms with Crippen molar-refractivity contribution in [2.45, 2.75) is 72.2 Å². The lowest BCUT2D eigenvalue weighted by atomic mass is 10.0. The Hall–Kier alpha value is -3.35. The number of hydrogen-bond acceptors (Lipinski definition) is 4. The van der Waals surface area contributed by atoms with Crippen molar-refractivity contribution in [2.24, 2.45) is 0 Å². The van der Waals surface area contributed by atoms with Gasteiger partial charge in [-0.05, 0) is 65.7 Å². The Kier molecular flexibility index (Phi) is 8.63. The van der Waals surface area contributed by atoms with Gasteiger partial charge in [0.1, 0.15) is 17.7 Å². The van der Waals surface area contributed by atoms with Gasteiger partial charge in [0.25, 0.3) is 5.91 Å². The molecule has 0 spiro atoms. The summed E-state index contributed by atoms with van der Waals surface area (Å²) in [5.41, 5.74) is 1.58. The van der Waals surface area contributed by atoms with Gasteiger partial charge >= 0.3 is 6.09 Å². The number of anilines is 1. The third kappa shape index (κ3) is 7.34. The molecule has 2 rings (SSSR count). The molecule has 0 aliphatic carbocycles. The highest BCUT2D eigenvalue weighted by Gasteiger charge is 2.36. The van der Waals surface area contributed by atoms with E-state index in [9.17, 15) is 14.4 Å². The maximum Gasteiger partial charge on any atom is 0.408 e. The fourth-order valence-electron chi connectivity index (χ4n) is 3.44. The van der Waals surface area contributed by atoms with Gasteiger partial charge in [-0.25, -0.2) is 4.79 Å². The zero-order valence-corrected chi connectivity index (χ0v) is 20.5. The first-order valence-corrected chi connectivity index (χ1v) is 11.1. The number of carbonyl (C=O) groups is 3. The maximum atomic E-state index is 13.5. The van der Waals surface area contributed by atoms with Gasteiger partial charge in [0, 0.05) is 11.7 Å². The normalized spacial score (nSPS) is 13.1. The number of benzene rings is 2. The summed E-state index contributed by atoms with van der Waals surface area (Å²) in [5, 5.41) is 5.56. The van der Waals surface area contributed by atoms with Crippen LogP contribution in [0.1, 0.15) is 58.7 Å². The summed E-state index contributed by atoms with van der Waals surface area (Å²) in [4.78, 5) is 40.8. The Bertz CT molecular complexity index is 967. The zero-order chi connectivity index (χ0) is 24.8. The Morgan fingerprint density at radius 2 is 1.48 bits per heavy atom. The third-order valence-corrected chi connectivity index (χ3v) is 4.96. The van der Waals surface area contributed by atoms with Gasteiger partial charge in [-0.15, -0.1) is 0 Å². The number of alkyl carbamates (subject to hydrolysis) is 1. The predicted molar refractivity (Wildman–Crippen MR) is 130 cm³/mol. The van der Waals surface area contributed by atoms with Crippen LogP contribution >= 0.6 is 0 Å². The van der Waals surface area contributed by atoms with E-state index in [0.29, 0.717) is 11.3 Å². The number of para-hydroxylation sites is 1. The second kappa shape index (κ2) is 11.0. The largest absolute Gasteiger partial charge is 0.444 e. The van der Waals surface area contributed by atoms with Gasteiger partial charge in [-0.1, -0.05) is 48.5 Å². The zero-order valence-electron chi connectivity index (χ0n) is 20.5. The quantitative estimate of drug-likeness (QED) is 0.629. The number of rotatable bonds is 7. The van der Waals surface area contributed by atoms with Crippen LogP contribution in [0, 0.1) is 6.92 Å². The lowest BCUT2D eigenvalue weighted by Gasteiger charge is -2.36. The smallest absolute Gasteiger partial charge is 0.408 e. The molecule has 0 heterocycles. The van der Waals surface area contributed by atoms with E-state index in [-0.39, 0.29) is 17.9 Å². The standard InChI is InChI=1S/C26H35N3O4/c1-17(2)29(24(31)19(4)27-25(32)33-26(5,6)7)22(20-14-9-8-10-15-20)23(30)28-21-16-12-11-13-18(21)3/h8-17,19,22H,1-7H3,(H,27,32)(H,28,30). The molecule has 0 radical (unpaired) electrons. The lowest BCUT2D eigenvalue weighted by Crippen LogP contribution is -2.53. The highest BCUT2D eigenvalue weighted by molar-refractivity contribution is 5.99. The van der Waals surface area contributed by atoms with Crippen LogP contribution in [-0.2, 0) is 14.3 Å². The van der Waals surface area contributed by atoms with Gasteiger partial charge < -0.3 is 20.3 Å². The molecular weight excluding hydrogens is 418 g/mol. The lowest BCUT2D eigenvalue weighted by molar-refractivity contribution is -0.142. The summed E-state index contributed by atoms with van der Waals surface area (Å²) in [6.45, 7) is 12.4. The molecule has 33 heavy (non-hydrogen) atoms. The molecule has 2 unspecified atom stereocenters. The molecule has 0 fully saturated rings. The third-order valence-electron chi connectivity index (χ3n) is 4.96. The van der Waals surface area contributed by atoms with E-state index in [0.717, 1.165) is 5.56 Å². The van der Waals surface area contributed by atoms with Crippen molar-refractivity contribution in [1.82, 2.24) is 10.2 Å². The minimum Gasteiger partial charge on any atom is -0.444 e. The summed E-state index contributed by atoms with van der Waals surface area (Å²) >= 11 is 0. The average molecular weight is 454 g/mol. The van der Waals surface area contributed by atoms with E-state index in [1.165, 1.54) is 4.90 Å². The highest BCUT2D eigenvalue weighted by atomic mass is 16.6. The van der Waals surface area contributed by atoms with E-state index < -0.39 is 23.8 Å². The number of ether oxygens (including phenoxy) is 1. The first-order valence-electron chi connectivity index (χ1n) is 11.1. The molecule has 0 saturated heterocycles. The first-order chi connectivity index (χ1) is 15.4. The molecule has 2 N–H and O–H groups in total. The van der Waals surface area contributed by atoms with Crippen molar-refractivity contribution >= 4 is 23.6 Å². The van der Waals surface area contributed by atoms with Gasteiger partial charge in [0.2, 0.25) is 5.91 Å². The molecule has 0 aromatic heterocycles. The first kappa shape index (κ1) is 25.9. The highest BCUT2D eigenvalue weighted by Crippen LogP contribution is 2.27. The summed E-state index contributed by atoms with van der Waals surface area (Å²) < 4.78 is 5.28. The van der Waals surface area contributed by atoms with Crippen LogP contribution in [0.25, 0.3) is 0 Å². The minimum atomic E-state index is -0.889. The molecule has 0 aliphatic rings. The topological polar surface area (TPSA) is 87.7 Å². The Labute approximate surface area is 196 Å². The van der Waals surface area contributed by atoms with Crippen LogP contribution in [0.15, 0.2) is 54.6 Å². The molecule has 0 saturated carbocycles. The number of amides is 3. The summed E-state index contributed by atoms with van der Waals surface area (Å²) in [6, 6.07) is 14.5. The number of carbonyl (C=O) groups excluding carboxylic acids is 3. The molecule has 7 nitrogen and oxygen atoms in total. The van der Waals surface area contributed by atoms with Gasteiger partial charge in [0.05, 0.1) is 0 Å². The summed E-state index contributed by atoms with van der Waals surface area (Å²) in [5.74, 6) is -0.716. The van der Waals surface area contributed by atoms with Gasteiger partial charge in [-0.2, -0.15) is 0 Å². The second-order valence-corrected chi connectivity index (χ2v) is 9.32. The average Bonchev–Trinajstić information content (AvgIpc) is 2.71. The number of hydrogen-bond donors (Lipinski definition) is 2.